The van der Waals surface area contributed by atoms with Crippen molar-refractivity contribution in [2.75, 3.05) is 12.0 Å². The Morgan fingerprint density at radius 3 is 2.36 bits per heavy atom. The fourth-order valence-corrected chi connectivity index (χ4v) is 3.85. The number of benzene rings is 1. The van der Waals surface area contributed by atoms with E-state index in [9.17, 15) is 8.42 Å². The quantitative estimate of drug-likeness (QED) is 0.789. The molecule has 2 nitrogen and oxygen atoms in total. The highest BCUT2D eigenvalue weighted by Crippen LogP contribution is 2.11. The minimum Gasteiger partial charge on any atom is -0.229 e. The molecule has 0 bridgehead atoms. The lowest BCUT2D eigenvalue weighted by atomic mass is 10.1. The minimum atomic E-state index is -2.89. The van der Waals surface area contributed by atoms with Gasteiger partial charge in [0.2, 0.25) is 0 Å². The van der Waals surface area contributed by atoms with Crippen LogP contribution in [0.2, 0.25) is 0 Å². The maximum Gasteiger partial charge on any atom is 0.148 e. The largest absolute Gasteiger partial charge is 0.229 e. The van der Waals surface area contributed by atoms with Crippen molar-refractivity contribution in [3.8, 4) is 0 Å². The predicted molar refractivity (Wildman–Crippen MR) is 62.6 cm³/mol. The molecule has 0 radical (unpaired) electrons. The van der Waals surface area contributed by atoms with E-state index in [2.05, 4.69) is 15.9 Å². The Kier molecular flexibility index (Phi) is 4.13. The Labute approximate surface area is 93.4 Å². The van der Waals surface area contributed by atoms with Crippen LogP contribution in [0.25, 0.3) is 0 Å². The molecular formula is C10H13BrO2S. The molecule has 0 heterocycles. The summed E-state index contributed by atoms with van der Waals surface area (Å²) in [5, 5.41) is 0. The molecule has 0 aromatic heterocycles. The fourth-order valence-electron chi connectivity index (χ4n) is 1.26. The highest BCUT2D eigenvalue weighted by molar-refractivity contribution is 9.09. The summed E-state index contributed by atoms with van der Waals surface area (Å²) in [5.41, 5.74) is 1.15. The molecule has 1 unspecified atom stereocenters. The lowest BCUT2D eigenvalue weighted by Gasteiger charge is -2.07. The summed E-state index contributed by atoms with van der Waals surface area (Å²) in [7, 11) is -2.89. The molecule has 0 aliphatic rings. The third kappa shape index (κ3) is 4.77. The summed E-state index contributed by atoms with van der Waals surface area (Å²) in [5.74, 6) is 0.182. The van der Waals surface area contributed by atoms with E-state index in [1.807, 2.05) is 30.3 Å². The van der Waals surface area contributed by atoms with Gasteiger partial charge in [-0.3, -0.25) is 0 Å². The zero-order valence-electron chi connectivity index (χ0n) is 7.98. The van der Waals surface area contributed by atoms with Gasteiger partial charge in [-0.1, -0.05) is 46.3 Å². The molecule has 0 amide bonds. The Bertz CT molecular complexity index is 372. The van der Waals surface area contributed by atoms with Gasteiger partial charge in [0.25, 0.3) is 0 Å². The van der Waals surface area contributed by atoms with Crippen LogP contribution in [-0.2, 0) is 16.3 Å². The topological polar surface area (TPSA) is 34.1 Å². The van der Waals surface area contributed by atoms with Gasteiger partial charge in [0, 0.05) is 11.1 Å². The second kappa shape index (κ2) is 4.94. The van der Waals surface area contributed by atoms with E-state index >= 15 is 0 Å². The van der Waals surface area contributed by atoms with Gasteiger partial charge in [-0.05, 0) is 12.0 Å². The Morgan fingerprint density at radius 1 is 1.29 bits per heavy atom. The van der Waals surface area contributed by atoms with Crippen LogP contribution in [0.15, 0.2) is 30.3 Å². The van der Waals surface area contributed by atoms with E-state index in [-0.39, 0.29) is 10.6 Å². The molecule has 1 rings (SSSR count). The van der Waals surface area contributed by atoms with Crippen molar-refractivity contribution >= 4 is 25.8 Å². The zero-order chi connectivity index (χ0) is 10.6. The standard InChI is InChI=1S/C10H13BrO2S/c1-14(12,13)8-10(11)7-9-5-3-2-4-6-9/h2-6,10H,7-8H2,1H3. The van der Waals surface area contributed by atoms with E-state index in [1.165, 1.54) is 6.26 Å². The van der Waals surface area contributed by atoms with Gasteiger partial charge in [0.1, 0.15) is 9.84 Å². The third-order valence-electron chi connectivity index (χ3n) is 1.78. The molecular weight excluding hydrogens is 264 g/mol. The SMILES string of the molecule is CS(=O)(=O)CC(Br)Cc1ccccc1. The van der Waals surface area contributed by atoms with Crippen molar-refractivity contribution in [3.05, 3.63) is 35.9 Å². The van der Waals surface area contributed by atoms with Gasteiger partial charge in [0.05, 0.1) is 5.75 Å². The summed E-state index contributed by atoms with van der Waals surface area (Å²) < 4.78 is 22.0. The first-order valence-corrected chi connectivity index (χ1v) is 7.31. The highest BCUT2D eigenvalue weighted by atomic mass is 79.9. The predicted octanol–water partition coefficient (Wildman–Crippen LogP) is 2.04. The van der Waals surface area contributed by atoms with Crippen LogP contribution >= 0.6 is 15.9 Å². The van der Waals surface area contributed by atoms with Crippen molar-refractivity contribution in [3.63, 3.8) is 0 Å². The zero-order valence-corrected chi connectivity index (χ0v) is 10.4. The minimum absolute atomic E-state index is 0.0000926. The molecule has 0 N–H and O–H groups in total. The number of sulfone groups is 1. The molecule has 1 aromatic rings. The average molecular weight is 277 g/mol. The Hall–Kier alpha value is -0.350. The van der Waals surface area contributed by atoms with Gasteiger partial charge >= 0.3 is 0 Å². The van der Waals surface area contributed by atoms with Crippen LogP contribution in [0.1, 0.15) is 5.56 Å². The smallest absolute Gasteiger partial charge is 0.148 e. The van der Waals surface area contributed by atoms with E-state index in [0.717, 1.165) is 12.0 Å². The van der Waals surface area contributed by atoms with Crippen LogP contribution in [0, 0.1) is 0 Å². The first-order chi connectivity index (χ1) is 6.47. The molecule has 0 fully saturated rings. The normalized spacial score (nSPS) is 13.9. The van der Waals surface area contributed by atoms with Crippen molar-refractivity contribution in [1.29, 1.82) is 0 Å². The van der Waals surface area contributed by atoms with Crippen LogP contribution in [-0.4, -0.2) is 25.3 Å². The van der Waals surface area contributed by atoms with Crippen molar-refractivity contribution in [1.82, 2.24) is 0 Å². The molecule has 0 spiro atoms. The summed E-state index contributed by atoms with van der Waals surface area (Å²) in [6, 6.07) is 9.85. The van der Waals surface area contributed by atoms with Gasteiger partial charge < -0.3 is 0 Å². The summed E-state index contributed by atoms with van der Waals surface area (Å²) in [6.07, 6.45) is 2.00. The number of hydrogen-bond donors (Lipinski definition) is 0. The van der Waals surface area contributed by atoms with Gasteiger partial charge in [0.15, 0.2) is 0 Å². The lowest BCUT2D eigenvalue weighted by Crippen LogP contribution is -2.16. The number of halogens is 1. The molecule has 1 atom stereocenters. The number of rotatable bonds is 4. The second-order valence-corrected chi connectivity index (χ2v) is 6.86. The van der Waals surface area contributed by atoms with Crippen LogP contribution in [0.5, 0.6) is 0 Å². The molecule has 0 aliphatic heterocycles. The van der Waals surface area contributed by atoms with Crippen LogP contribution < -0.4 is 0 Å². The van der Waals surface area contributed by atoms with Crippen molar-refractivity contribution in [2.24, 2.45) is 0 Å². The lowest BCUT2D eigenvalue weighted by molar-refractivity contribution is 0.600. The number of hydrogen-bond acceptors (Lipinski definition) is 2. The van der Waals surface area contributed by atoms with Gasteiger partial charge in [-0.25, -0.2) is 8.42 Å². The van der Waals surface area contributed by atoms with E-state index in [0.29, 0.717) is 0 Å². The average Bonchev–Trinajstić information content (AvgIpc) is 2.02. The maximum absolute atomic E-state index is 11.0. The molecule has 0 saturated carbocycles. The summed E-state index contributed by atoms with van der Waals surface area (Å²) in [6.45, 7) is 0. The first-order valence-electron chi connectivity index (χ1n) is 4.33. The van der Waals surface area contributed by atoms with Crippen LogP contribution in [0.3, 0.4) is 0 Å². The summed E-state index contributed by atoms with van der Waals surface area (Å²) >= 11 is 3.37. The highest BCUT2D eigenvalue weighted by Gasteiger charge is 2.12. The van der Waals surface area contributed by atoms with E-state index in [4.69, 9.17) is 0 Å². The van der Waals surface area contributed by atoms with Crippen molar-refractivity contribution < 1.29 is 8.42 Å². The second-order valence-electron chi connectivity index (χ2n) is 3.38. The van der Waals surface area contributed by atoms with Crippen molar-refractivity contribution in [2.45, 2.75) is 11.2 Å². The van der Waals surface area contributed by atoms with Gasteiger partial charge in [-0.2, -0.15) is 0 Å². The fraction of sp³-hybridized carbons (Fsp3) is 0.400. The number of alkyl halides is 1. The summed E-state index contributed by atoms with van der Waals surface area (Å²) in [4.78, 5) is -0.0000926. The molecule has 4 heteroatoms. The first kappa shape index (κ1) is 11.7. The third-order valence-corrected chi connectivity index (χ3v) is 3.87. The molecule has 78 valence electrons. The molecule has 0 aliphatic carbocycles. The molecule has 1 aromatic carbocycles. The molecule has 0 saturated heterocycles. The van der Waals surface area contributed by atoms with E-state index in [1.54, 1.807) is 0 Å². The van der Waals surface area contributed by atoms with Gasteiger partial charge in [-0.15, -0.1) is 0 Å². The Balaban J connectivity index is 2.54. The monoisotopic (exact) mass is 276 g/mol. The Morgan fingerprint density at radius 2 is 1.86 bits per heavy atom. The van der Waals surface area contributed by atoms with Crippen LogP contribution in [0.4, 0.5) is 0 Å². The maximum atomic E-state index is 11.0. The van der Waals surface area contributed by atoms with E-state index < -0.39 is 9.84 Å². The molecule has 14 heavy (non-hydrogen) atoms.